The Bertz CT molecular complexity index is 955. The van der Waals surface area contributed by atoms with E-state index in [9.17, 15) is 0 Å². The molecule has 1 aromatic heterocycles. The third-order valence-electron chi connectivity index (χ3n) is 4.70. The highest BCUT2D eigenvalue weighted by Gasteiger charge is 2.12. The normalized spacial score (nSPS) is 16.2. The minimum atomic E-state index is 0.602. The molecule has 3 aromatic rings. The number of rotatable bonds is 4. The Balaban J connectivity index is 1.71. The molecular formula is C24H22N2. The zero-order valence-corrected chi connectivity index (χ0v) is 14.9. The first-order valence-electron chi connectivity index (χ1n) is 9.06. The maximum absolute atomic E-state index is 4.62. The van der Waals surface area contributed by atoms with Crippen molar-refractivity contribution in [3.05, 3.63) is 96.7 Å². The summed E-state index contributed by atoms with van der Waals surface area (Å²) in [5, 5.41) is 3.56. The maximum Gasteiger partial charge on any atom is 0.138 e. The summed E-state index contributed by atoms with van der Waals surface area (Å²) in [5.41, 5.74) is 5.80. The number of hydrogen-bond acceptors (Lipinski definition) is 2. The van der Waals surface area contributed by atoms with Crippen LogP contribution in [-0.4, -0.2) is 4.98 Å². The Kier molecular flexibility index (Phi) is 4.65. The van der Waals surface area contributed by atoms with Crippen molar-refractivity contribution in [3.63, 3.8) is 0 Å². The van der Waals surface area contributed by atoms with Crippen molar-refractivity contribution < 1.29 is 0 Å². The molecule has 1 unspecified atom stereocenters. The molecule has 128 valence electrons. The van der Waals surface area contributed by atoms with E-state index in [4.69, 9.17) is 0 Å². The second kappa shape index (κ2) is 7.40. The summed E-state index contributed by atoms with van der Waals surface area (Å²) >= 11 is 0. The molecule has 1 heterocycles. The van der Waals surface area contributed by atoms with Crippen LogP contribution in [0.2, 0.25) is 0 Å². The average Bonchev–Trinajstić information content (AvgIpc) is 2.70. The lowest BCUT2D eigenvalue weighted by Gasteiger charge is -2.17. The minimum Gasteiger partial charge on any atom is -0.339 e. The molecule has 0 radical (unpaired) electrons. The van der Waals surface area contributed by atoms with Crippen LogP contribution >= 0.6 is 0 Å². The molecule has 2 aromatic carbocycles. The van der Waals surface area contributed by atoms with Crippen LogP contribution in [0.3, 0.4) is 0 Å². The van der Waals surface area contributed by atoms with E-state index < -0.39 is 0 Å². The smallest absolute Gasteiger partial charge is 0.138 e. The van der Waals surface area contributed by atoms with Gasteiger partial charge in [0, 0.05) is 23.0 Å². The van der Waals surface area contributed by atoms with Gasteiger partial charge in [-0.2, -0.15) is 0 Å². The van der Waals surface area contributed by atoms with E-state index >= 15 is 0 Å². The number of nitrogens with one attached hydrogen (secondary N) is 1. The van der Waals surface area contributed by atoms with Gasteiger partial charge in [-0.05, 0) is 41.7 Å². The first kappa shape index (κ1) is 16.3. The third-order valence-corrected chi connectivity index (χ3v) is 4.70. The number of anilines is 2. The Hall–Kier alpha value is -3.13. The van der Waals surface area contributed by atoms with Crippen LogP contribution in [0.5, 0.6) is 0 Å². The van der Waals surface area contributed by atoms with Crippen molar-refractivity contribution in [2.24, 2.45) is 5.92 Å². The first-order valence-corrected chi connectivity index (χ1v) is 9.06. The number of benzene rings is 2. The van der Waals surface area contributed by atoms with Crippen molar-refractivity contribution >= 4 is 17.1 Å². The highest BCUT2D eigenvalue weighted by molar-refractivity contribution is 5.86. The molecule has 4 rings (SSSR count). The molecule has 0 fully saturated rings. The van der Waals surface area contributed by atoms with E-state index in [2.05, 4.69) is 90.0 Å². The Morgan fingerprint density at radius 1 is 0.885 bits per heavy atom. The van der Waals surface area contributed by atoms with E-state index in [1.54, 1.807) is 0 Å². The zero-order chi connectivity index (χ0) is 17.8. The summed E-state index contributed by atoms with van der Waals surface area (Å²) in [5.74, 6) is 1.49. The number of pyridine rings is 1. The van der Waals surface area contributed by atoms with Gasteiger partial charge in [-0.3, -0.25) is 0 Å². The van der Waals surface area contributed by atoms with Crippen LogP contribution in [0.1, 0.15) is 18.9 Å². The van der Waals surface area contributed by atoms with E-state index in [1.165, 1.54) is 16.7 Å². The number of allylic oxidation sites excluding steroid dienone is 4. The maximum atomic E-state index is 4.62. The monoisotopic (exact) mass is 338 g/mol. The topological polar surface area (TPSA) is 24.9 Å². The molecule has 26 heavy (non-hydrogen) atoms. The average molecular weight is 338 g/mol. The number of aromatic nitrogens is 1. The second-order valence-corrected chi connectivity index (χ2v) is 6.67. The lowest BCUT2D eigenvalue weighted by molar-refractivity contribution is 0.739. The fourth-order valence-corrected chi connectivity index (χ4v) is 3.25. The molecule has 1 aliphatic rings. The van der Waals surface area contributed by atoms with Crippen molar-refractivity contribution in [2.45, 2.75) is 13.3 Å². The summed E-state index contributed by atoms with van der Waals surface area (Å²) < 4.78 is 0. The quantitative estimate of drug-likeness (QED) is 0.589. The first-order chi connectivity index (χ1) is 12.8. The van der Waals surface area contributed by atoms with E-state index in [1.807, 2.05) is 18.3 Å². The van der Waals surface area contributed by atoms with Gasteiger partial charge in [0.05, 0.1) is 0 Å². The third kappa shape index (κ3) is 3.45. The number of nitrogens with zero attached hydrogens (tertiary/aromatic N) is 1. The molecule has 2 nitrogen and oxygen atoms in total. The molecule has 0 bridgehead atoms. The fraction of sp³-hybridized carbons (Fsp3) is 0.125. The molecule has 1 N–H and O–H groups in total. The standard InChI is InChI=1S/C24H22N2/c1-18-13-15-20(16-14-18)22-11-7-17-25-24(22)26-23-12-6-5-10-21(23)19-8-3-2-4-9-19/h2-13,15-18H,14H2,1H3,(H,25,26). The Morgan fingerprint density at radius 2 is 1.65 bits per heavy atom. The molecule has 2 heteroatoms. The predicted molar refractivity (Wildman–Crippen MR) is 110 cm³/mol. The molecule has 0 aliphatic heterocycles. The summed E-state index contributed by atoms with van der Waals surface area (Å²) in [6.07, 6.45) is 9.69. The molecule has 1 atom stereocenters. The predicted octanol–water partition coefficient (Wildman–Crippen LogP) is 6.47. The molecule has 0 saturated heterocycles. The molecular weight excluding hydrogens is 316 g/mol. The van der Waals surface area contributed by atoms with Gasteiger partial charge in [-0.15, -0.1) is 0 Å². The highest BCUT2D eigenvalue weighted by Crippen LogP contribution is 2.33. The summed E-state index contributed by atoms with van der Waals surface area (Å²) in [7, 11) is 0. The van der Waals surface area contributed by atoms with E-state index in [0.717, 1.165) is 23.5 Å². The molecule has 0 amide bonds. The van der Waals surface area contributed by atoms with Crippen LogP contribution < -0.4 is 5.32 Å². The van der Waals surface area contributed by atoms with Crippen LogP contribution in [0.25, 0.3) is 16.7 Å². The summed E-state index contributed by atoms with van der Waals surface area (Å²) in [6, 6.07) is 22.9. The van der Waals surface area contributed by atoms with Gasteiger partial charge in [0.25, 0.3) is 0 Å². The lowest BCUT2D eigenvalue weighted by Crippen LogP contribution is -2.01. The van der Waals surface area contributed by atoms with Gasteiger partial charge in [0.1, 0.15) is 5.82 Å². The van der Waals surface area contributed by atoms with Crippen LogP contribution in [0, 0.1) is 5.92 Å². The zero-order valence-electron chi connectivity index (χ0n) is 14.9. The molecule has 0 spiro atoms. The van der Waals surface area contributed by atoms with Gasteiger partial charge in [0.2, 0.25) is 0 Å². The molecule has 1 aliphatic carbocycles. The number of hydrogen-bond donors (Lipinski definition) is 1. The SMILES string of the molecule is CC1C=CC(c2cccnc2Nc2ccccc2-c2ccccc2)=CC1. The van der Waals surface area contributed by atoms with Gasteiger partial charge in [-0.1, -0.05) is 73.7 Å². The van der Waals surface area contributed by atoms with Crippen molar-refractivity contribution in [2.75, 3.05) is 5.32 Å². The molecule has 0 saturated carbocycles. The number of para-hydroxylation sites is 1. The largest absolute Gasteiger partial charge is 0.339 e. The minimum absolute atomic E-state index is 0.602. The summed E-state index contributed by atoms with van der Waals surface area (Å²) in [4.78, 5) is 4.62. The van der Waals surface area contributed by atoms with Crippen molar-refractivity contribution in [1.29, 1.82) is 0 Å². The van der Waals surface area contributed by atoms with Gasteiger partial charge in [0.15, 0.2) is 0 Å². The van der Waals surface area contributed by atoms with Crippen LogP contribution in [-0.2, 0) is 0 Å². The van der Waals surface area contributed by atoms with Crippen molar-refractivity contribution in [1.82, 2.24) is 4.98 Å². The van der Waals surface area contributed by atoms with Crippen LogP contribution in [0.4, 0.5) is 11.5 Å². The Morgan fingerprint density at radius 3 is 2.46 bits per heavy atom. The van der Waals surface area contributed by atoms with E-state index in [0.29, 0.717) is 5.92 Å². The van der Waals surface area contributed by atoms with Gasteiger partial charge in [-0.25, -0.2) is 4.98 Å². The Labute approximate surface area is 154 Å². The summed E-state index contributed by atoms with van der Waals surface area (Å²) in [6.45, 7) is 2.24. The second-order valence-electron chi connectivity index (χ2n) is 6.67. The fourth-order valence-electron chi connectivity index (χ4n) is 3.25. The van der Waals surface area contributed by atoms with Crippen molar-refractivity contribution in [3.8, 4) is 11.1 Å². The van der Waals surface area contributed by atoms with E-state index in [-0.39, 0.29) is 0 Å². The highest BCUT2D eigenvalue weighted by atomic mass is 15.0. The van der Waals surface area contributed by atoms with Gasteiger partial charge >= 0.3 is 0 Å². The van der Waals surface area contributed by atoms with Crippen LogP contribution in [0.15, 0.2) is 91.2 Å². The van der Waals surface area contributed by atoms with Gasteiger partial charge < -0.3 is 5.32 Å². The lowest BCUT2D eigenvalue weighted by atomic mass is 9.94.